The maximum absolute atomic E-state index is 9.30. The normalized spacial score (nSPS) is 13.6. The number of aromatic nitrogens is 3. The number of nitrogens with zero attached hydrogens (tertiary/aromatic N) is 3. The zero-order valence-electron chi connectivity index (χ0n) is 30.4. The monoisotopic (exact) mass is 705 g/mol. The van der Waals surface area contributed by atoms with Gasteiger partial charge >= 0.3 is 0 Å². The number of benzene rings is 8. The third kappa shape index (κ3) is 4.69. The van der Waals surface area contributed by atoms with Crippen LogP contribution in [0.5, 0.6) is 0 Å². The van der Waals surface area contributed by atoms with Crippen molar-refractivity contribution in [2.75, 3.05) is 0 Å². The molecule has 0 aliphatic heterocycles. The van der Waals surface area contributed by atoms with E-state index in [4.69, 9.17) is 9.98 Å². The van der Waals surface area contributed by atoms with Gasteiger partial charge in [0.15, 0.2) is 5.84 Å². The Morgan fingerprint density at radius 3 is 1.98 bits per heavy atom. The first-order chi connectivity index (χ1) is 26.9. The molecule has 11 rings (SSSR count). The van der Waals surface area contributed by atoms with E-state index in [-0.39, 0.29) is 11.3 Å². The van der Waals surface area contributed by atoms with Crippen LogP contribution in [0.4, 0.5) is 0 Å². The summed E-state index contributed by atoms with van der Waals surface area (Å²) >= 11 is 0. The number of fused-ring (bicyclic) bond motifs is 11. The maximum atomic E-state index is 9.30. The third-order valence-corrected chi connectivity index (χ3v) is 11.6. The van der Waals surface area contributed by atoms with Gasteiger partial charge in [0.2, 0.25) is 5.62 Å². The highest BCUT2D eigenvalue weighted by Crippen LogP contribution is 2.49. The van der Waals surface area contributed by atoms with Crippen molar-refractivity contribution in [2.45, 2.75) is 19.3 Å². The molecule has 0 saturated heterocycles. The molecule has 0 bridgehead atoms. The molecule has 55 heavy (non-hydrogen) atoms. The number of para-hydroxylation sites is 1. The Kier molecular flexibility index (Phi) is 6.68. The Balaban J connectivity index is 1.05. The molecule has 1 aliphatic carbocycles. The molecule has 2 heterocycles. The lowest BCUT2D eigenvalue weighted by Crippen LogP contribution is -2.17. The van der Waals surface area contributed by atoms with Gasteiger partial charge in [-0.3, -0.25) is 5.41 Å². The molecule has 0 saturated carbocycles. The number of H-pyrrole nitrogens is 1. The molecule has 5 heteroatoms. The smallest absolute Gasteiger partial charge is 0.229 e. The van der Waals surface area contributed by atoms with E-state index in [1.165, 1.54) is 54.6 Å². The van der Waals surface area contributed by atoms with Gasteiger partial charge in [0.05, 0.1) is 22.2 Å². The molecule has 8 aromatic carbocycles. The van der Waals surface area contributed by atoms with Crippen LogP contribution in [-0.4, -0.2) is 20.4 Å². The fourth-order valence-electron chi connectivity index (χ4n) is 9.03. The lowest BCUT2D eigenvalue weighted by Gasteiger charge is -2.22. The van der Waals surface area contributed by atoms with Gasteiger partial charge in [-0.05, 0) is 80.2 Å². The van der Waals surface area contributed by atoms with Crippen LogP contribution in [0.1, 0.15) is 30.5 Å². The van der Waals surface area contributed by atoms with E-state index < -0.39 is 0 Å². The summed E-state index contributed by atoms with van der Waals surface area (Å²) in [4.78, 5) is 13.4. The van der Waals surface area contributed by atoms with Crippen molar-refractivity contribution in [1.82, 2.24) is 14.5 Å². The van der Waals surface area contributed by atoms with Crippen molar-refractivity contribution >= 4 is 60.1 Å². The lowest BCUT2D eigenvalue weighted by molar-refractivity contribution is 0.660. The summed E-state index contributed by atoms with van der Waals surface area (Å²) in [5.41, 5.74) is 12.2. The molecule has 0 radical (unpaired) electrons. The van der Waals surface area contributed by atoms with Gasteiger partial charge in [-0.25, -0.2) is 4.98 Å². The molecular weight excluding hydrogens is 671 g/mol. The summed E-state index contributed by atoms with van der Waals surface area (Å²) in [6, 6.07) is 57.8. The summed E-state index contributed by atoms with van der Waals surface area (Å²) < 4.78 is 2.33. The van der Waals surface area contributed by atoms with Crippen LogP contribution in [-0.2, 0) is 5.41 Å². The summed E-state index contributed by atoms with van der Waals surface area (Å²) in [6.45, 7) is 4.59. The highest BCUT2D eigenvalue weighted by Gasteiger charge is 2.35. The average Bonchev–Trinajstić information content (AvgIpc) is 3.69. The first-order valence-corrected chi connectivity index (χ1v) is 18.8. The van der Waals surface area contributed by atoms with Crippen molar-refractivity contribution in [3.63, 3.8) is 0 Å². The Hall–Kier alpha value is -7.11. The van der Waals surface area contributed by atoms with E-state index in [2.05, 4.69) is 157 Å². The lowest BCUT2D eigenvalue weighted by atomic mass is 9.82. The third-order valence-electron chi connectivity index (χ3n) is 11.6. The molecule has 2 N–H and O–H groups in total. The SMILES string of the molecule is CC1(C)c2ccccc2-c2ccc(-c3n/c(=N/C(=N)c4cccc(-n5c6ccc7ccccc7c6c6c7ccccc7ccc65)c4)[nH]c4ccccc34)cc21. The molecule has 0 fully saturated rings. The largest absolute Gasteiger partial charge is 0.323 e. The van der Waals surface area contributed by atoms with Gasteiger partial charge in [0, 0.05) is 38.4 Å². The minimum Gasteiger partial charge on any atom is -0.323 e. The zero-order chi connectivity index (χ0) is 36.8. The van der Waals surface area contributed by atoms with Crippen LogP contribution >= 0.6 is 0 Å². The first-order valence-electron chi connectivity index (χ1n) is 18.8. The van der Waals surface area contributed by atoms with Gasteiger partial charge < -0.3 is 9.55 Å². The van der Waals surface area contributed by atoms with Crippen LogP contribution in [0.3, 0.4) is 0 Å². The average molecular weight is 706 g/mol. The Labute approximate surface area is 317 Å². The molecule has 0 atom stereocenters. The van der Waals surface area contributed by atoms with Crippen molar-refractivity contribution in [3.8, 4) is 28.1 Å². The molecule has 0 amide bonds. The van der Waals surface area contributed by atoms with Crippen molar-refractivity contribution in [2.24, 2.45) is 4.99 Å². The van der Waals surface area contributed by atoms with E-state index in [9.17, 15) is 5.41 Å². The minimum absolute atomic E-state index is 0.129. The van der Waals surface area contributed by atoms with Crippen molar-refractivity contribution in [1.29, 1.82) is 5.41 Å². The first kappa shape index (κ1) is 31.4. The molecule has 2 aromatic heterocycles. The number of amidine groups is 1. The fraction of sp³-hybridized carbons (Fsp3) is 0.0600. The number of aromatic amines is 1. The minimum atomic E-state index is -0.129. The van der Waals surface area contributed by atoms with Gasteiger partial charge in [0.1, 0.15) is 0 Å². The second-order valence-corrected chi connectivity index (χ2v) is 15.1. The van der Waals surface area contributed by atoms with E-state index >= 15 is 0 Å². The molecule has 10 aromatic rings. The molecule has 0 spiro atoms. The Bertz CT molecular complexity index is 3230. The topological polar surface area (TPSA) is 69.8 Å². The van der Waals surface area contributed by atoms with Crippen LogP contribution in [0.2, 0.25) is 0 Å². The predicted octanol–water partition coefficient (Wildman–Crippen LogP) is 11.9. The van der Waals surface area contributed by atoms with E-state index in [0.29, 0.717) is 11.2 Å². The van der Waals surface area contributed by atoms with Gasteiger partial charge in [-0.2, -0.15) is 4.99 Å². The number of rotatable bonds is 3. The zero-order valence-corrected chi connectivity index (χ0v) is 30.4. The number of hydrogen-bond donors (Lipinski definition) is 2. The number of hydrogen-bond acceptors (Lipinski definition) is 2. The maximum Gasteiger partial charge on any atom is 0.229 e. The van der Waals surface area contributed by atoms with Gasteiger partial charge in [-0.15, -0.1) is 0 Å². The molecule has 260 valence electrons. The fourth-order valence-corrected chi connectivity index (χ4v) is 9.03. The second kappa shape index (κ2) is 11.7. The van der Waals surface area contributed by atoms with Crippen molar-refractivity contribution in [3.05, 3.63) is 186 Å². The van der Waals surface area contributed by atoms with E-state index in [1.54, 1.807) is 0 Å². The molecule has 5 nitrogen and oxygen atoms in total. The van der Waals surface area contributed by atoms with E-state index in [1.807, 2.05) is 30.3 Å². The van der Waals surface area contributed by atoms with Crippen molar-refractivity contribution < 1.29 is 0 Å². The molecule has 1 aliphatic rings. The van der Waals surface area contributed by atoms with Crippen LogP contribution in [0, 0.1) is 5.41 Å². The van der Waals surface area contributed by atoms with Gasteiger partial charge in [-0.1, -0.05) is 141 Å². The van der Waals surface area contributed by atoms with Crippen LogP contribution < -0.4 is 5.62 Å². The van der Waals surface area contributed by atoms with Gasteiger partial charge in [0.25, 0.3) is 0 Å². The quantitative estimate of drug-likeness (QED) is 0.139. The predicted molar refractivity (Wildman–Crippen MR) is 227 cm³/mol. The highest BCUT2D eigenvalue weighted by atomic mass is 15.0. The summed E-state index contributed by atoms with van der Waals surface area (Å²) in [5.74, 6) is 0.133. The van der Waals surface area contributed by atoms with Crippen LogP contribution in [0.15, 0.2) is 169 Å². The summed E-state index contributed by atoms with van der Waals surface area (Å²) in [5, 5.41) is 17.7. The summed E-state index contributed by atoms with van der Waals surface area (Å²) in [6.07, 6.45) is 0. The summed E-state index contributed by atoms with van der Waals surface area (Å²) in [7, 11) is 0. The second-order valence-electron chi connectivity index (χ2n) is 15.1. The number of nitrogens with one attached hydrogen (secondary N) is 2. The Morgan fingerprint density at radius 2 is 1.24 bits per heavy atom. The highest BCUT2D eigenvalue weighted by molar-refractivity contribution is 6.28. The standard InChI is InChI=1S/C50H35N5/c1-50(2)40-20-9-7-18-37(40)38-25-22-32(29-41(38)50)47-39-19-8-10-21-42(39)52-49(53-47)54-48(51)33-14-11-15-34(28-33)55-43-26-23-30-12-3-5-16-35(30)45(43)46-36-17-6-4-13-31(36)24-27-44(46)55/h3-29H,1-2H3,(H2,51,52,53,54). The van der Waals surface area contributed by atoms with E-state index in [0.717, 1.165) is 38.9 Å². The molecule has 0 unspecified atom stereocenters. The van der Waals surface area contributed by atoms with Crippen LogP contribution in [0.25, 0.3) is 82.3 Å². The molecular formula is C50H35N5. The Morgan fingerprint density at radius 1 is 0.600 bits per heavy atom.